The number of anilines is 2. The first kappa shape index (κ1) is 22.0. The molecule has 2 aromatic heterocycles. The second kappa shape index (κ2) is 9.18. The van der Waals surface area contributed by atoms with Crippen LogP contribution in [0.3, 0.4) is 0 Å². The van der Waals surface area contributed by atoms with Crippen LogP contribution in [0.25, 0.3) is 5.70 Å². The third-order valence-electron chi connectivity index (χ3n) is 5.47. The Bertz CT molecular complexity index is 1480. The van der Waals surface area contributed by atoms with Gasteiger partial charge in [0.15, 0.2) is 18.1 Å². The number of rotatable bonds is 7. The zero-order chi connectivity index (χ0) is 24.4. The Kier molecular flexibility index (Phi) is 5.76. The van der Waals surface area contributed by atoms with E-state index in [1.165, 1.54) is 25.6 Å². The van der Waals surface area contributed by atoms with Crippen molar-refractivity contribution in [1.82, 2.24) is 15.1 Å². The molecule has 10 heteroatoms. The minimum atomic E-state index is -0.377. The van der Waals surface area contributed by atoms with E-state index in [9.17, 15) is 9.18 Å². The smallest absolute Gasteiger partial charge is 0.258 e. The van der Waals surface area contributed by atoms with E-state index in [1.807, 2.05) is 10.7 Å². The number of halogens is 1. The number of allylic oxidation sites excluding steroid dienone is 1. The van der Waals surface area contributed by atoms with E-state index in [2.05, 4.69) is 20.4 Å². The molecule has 35 heavy (non-hydrogen) atoms. The molecule has 0 unspecified atom stereocenters. The Morgan fingerprint density at radius 3 is 2.80 bits per heavy atom. The third kappa shape index (κ3) is 4.36. The molecule has 0 aliphatic carbocycles. The van der Waals surface area contributed by atoms with Crippen molar-refractivity contribution in [2.24, 2.45) is 0 Å². The molecule has 0 atom stereocenters. The molecule has 1 amide bonds. The zero-order valence-corrected chi connectivity index (χ0v) is 18.6. The second-order valence-electron chi connectivity index (χ2n) is 7.66. The van der Waals surface area contributed by atoms with E-state index in [0.717, 1.165) is 5.70 Å². The van der Waals surface area contributed by atoms with Gasteiger partial charge in [-0.1, -0.05) is 23.4 Å². The molecular weight excluding hydrogens is 451 g/mol. The van der Waals surface area contributed by atoms with Gasteiger partial charge in [0.1, 0.15) is 23.5 Å². The van der Waals surface area contributed by atoms with Crippen LogP contribution in [0.1, 0.15) is 27.4 Å². The van der Waals surface area contributed by atoms with Gasteiger partial charge in [-0.3, -0.25) is 4.79 Å². The van der Waals surface area contributed by atoms with E-state index in [4.69, 9.17) is 15.0 Å². The van der Waals surface area contributed by atoms with Crippen molar-refractivity contribution in [1.29, 1.82) is 0 Å². The Balaban J connectivity index is 1.43. The number of carbonyl (C=O) groups is 1. The van der Waals surface area contributed by atoms with Crippen LogP contribution in [0.5, 0.6) is 5.75 Å². The first-order chi connectivity index (χ1) is 17.0. The predicted octanol–water partition coefficient (Wildman–Crippen LogP) is 3.50. The molecule has 174 valence electrons. The minimum absolute atomic E-state index is 0.0906. The number of aromatic nitrogens is 3. The average molecular weight is 471 g/mol. The Labute approximate surface area is 199 Å². The van der Waals surface area contributed by atoms with E-state index >= 15 is 0 Å². The third-order valence-corrected chi connectivity index (χ3v) is 5.47. The lowest BCUT2D eigenvalue weighted by atomic mass is 10.1. The molecule has 0 fully saturated rings. The number of benzene rings is 2. The molecule has 3 N–H and O–H groups in total. The number of nitrogen functional groups attached to an aromatic ring is 1. The van der Waals surface area contributed by atoms with Gasteiger partial charge < -0.3 is 20.3 Å². The summed E-state index contributed by atoms with van der Waals surface area (Å²) in [5.41, 5.74) is 9.26. The summed E-state index contributed by atoms with van der Waals surface area (Å²) in [6, 6.07) is 15.0. The first-order valence-corrected chi connectivity index (χ1v) is 10.6. The summed E-state index contributed by atoms with van der Waals surface area (Å²) in [5, 5.41) is 6.69. The molecule has 0 bridgehead atoms. The van der Waals surface area contributed by atoms with Crippen LogP contribution in [-0.2, 0) is 6.54 Å². The van der Waals surface area contributed by atoms with Crippen molar-refractivity contribution in [3.05, 3.63) is 102 Å². The van der Waals surface area contributed by atoms with Gasteiger partial charge in [-0.2, -0.15) is 4.58 Å². The number of carbonyl (C=O) groups excluding carboxylic acids is 1. The van der Waals surface area contributed by atoms with E-state index in [-0.39, 0.29) is 29.8 Å². The molecule has 0 saturated heterocycles. The molecular formula is C25H20FN6O3+. The standard InChI is InChI=1S/C25H19FN6O3/c1-34-17-7-4-6-15(11-17)25(33)29-20-13-28-24(30-23(20)27)22-12-21(19-9-10-35-31-19)32(22)14-16-5-2-3-8-18(16)26/h2-13H,14H2,1H3,(H2,27,30,31)/p+1. The summed E-state index contributed by atoms with van der Waals surface area (Å²) in [6.45, 7) is 0.234. The van der Waals surface area contributed by atoms with Crippen LogP contribution < -0.4 is 15.8 Å². The fraction of sp³-hybridized carbons (Fsp3) is 0.0800. The number of nitrogens with zero attached hydrogens (tertiary/aromatic N) is 4. The summed E-state index contributed by atoms with van der Waals surface area (Å²) >= 11 is 0. The SMILES string of the molecule is COc1cccc(C(=O)Nc2cnc(C3=[N+](Cc4ccccc4F)C(c4ccon4)=C3)nc2N)c1. The summed E-state index contributed by atoms with van der Waals surface area (Å²) in [7, 11) is 1.53. The monoisotopic (exact) mass is 471 g/mol. The molecule has 3 heterocycles. The van der Waals surface area contributed by atoms with Crippen LogP contribution in [0.2, 0.25) is 0 Å². The van der Waals surface area contributed by atoms with E-state index in [0.29, 0.717) is 34.1 Å². The summed E-state index contributed by atoms with van der Waals surface area (Å²) in [4.78, 5) is 21.4. The zero-order valence-electron chi connectivity index (χ0n) is 18.6. The van der Waals surface area contributed by atoms with Gasteiger partial charge in [0.05, 0.1) is 24.9 Å². The minimum Gasteiger partial charge on any atom is -0.497 e. The highest BCUT2D eigenvalue weighted by Gasteiger charge is 2.36. The quantitative estimate of drug-likeness (QED) is 0.396. The molecule has 0 spiro atoms. The van der Waals surface area contributed by atoms with E-state index in [1.54, 1.807) is 48.5 Å². The van der Waals surface area contributed by atoms with Crippen LogP contribution in [0, 0.1) is 5.82 Å². The molecule has 0 radical (unpaired) electrons. The van der Waals surface area contributed by atoms with Crippen LogP contribution in [0.4, 0.5) is 15.9 Å². The number of ether oxygens (including phenoxy) is 1. The van der Waals surface area contributed by atoms with Crippen LogP contribution in [0.15, 0.2) is 77.7 Å². The fourth-order valence-electron chi connectivity index (χ4n) is 3.63. The Morgan fingerprint density at radius 2 is 2.06 bits per heavy atom. The van der Waals surface area contributed by atoms with E-state index < -0.39 is 0 Å². The molecule has 9 nitrogen and oxygen atoms in total. The highest BCUT2D eigenvalue weighted by molar-refractivity contribution is 6.11. The van der Waals surface area contributed by atoms with Crippen molar-refractivity contribution in [3.8, 4) is 5.75 Å². The number of methoxy groups -OCH3 is 1. The van der Waals surface area contributed by atoms with Crippen molar-refractivity contribution in [3.63, 3.8) is 0 Å². The van der Waals surface area contributed by atoms with Crippen molar-refractivity contribution < 1.29 is 23.0 Å². The number of hydrogen-bond donors (Lipinski definition) is 2. The highest BCUT2D eigenvalue weighted by atomic mass is 19.1. The first-order valence-electron chi connectivity index (χ1n) is 10.6. The van der Waals surface area contributed by atoms with Gasteiger partial charge in [-0.15, -0.1) is 0 Å². The highest BCUT2D eigenvalue weighted by Crippen LogP contribution is 2.27. The van der Waals surface area contributed by atoms with Crippen LogP contribution in [-0.4, -0.2) is 38.4 Å². The molecule has 2 aromatic carbocycles. The van der Waals surface area contributed by atoms with Crippen LogP contribution >= 0.6 is 0 Å². The molecule has 5 rings (SSSR count). The largest absolute Gasteiger partial charge is 0.497 e. The molecule has 1 aliphatic rings. The van der Waals surface area contributed by atoms with Gasteiger partial charge in [0.2, 0.25) is 11.5 Å². The maximum Gasteiger partial charge on any atom is 0.258 e. The maximum absolute atomic E-state index is 14.3. The average Bonchev–Trinajstić information content (AvgIpc) is 3.38. The van der Waals surface area contributed by atoms with Crippen molar-refractivity contribution in [2.45, 2.75) is 6.54 Å². The fourth-order valence-corrected chi connectivity index (χ4v) is 3.63. The lowest BCUT2D eigenvalue weighted by molar-refractivity contribution is -0.458. The van der Waals surface area contributed by atoms with Gasteiger partial charge in [0, 0.05) is 11.6 Å². The number of nitrogens with two attached hydrogens (primary N) is 1. The van der Waals surface area contributed by atoms with Gasteiger partial charge in [0.25, 0.3) is 11.6 Å². The Hall–Kier alpha value is -4.86. The number of nitrogens with one attached hydrogen (secondary N) is 1. The second-order valence-corrected chi connectivity index (χ2v) is 7.66. The predicted molar refractivity (Wildman–Crippen MR) is 126 cm³/mol. The molecule has 4 aromatic rings. The lowest BCUT2D eigenvalue weighted by Crippen LogP contribution is -2.30. The Morgan fingerprint density at radius 1 is 1.20 bits per heavy atom. The summed E-state index contributed by atoms with van der Waals surface area (Å²) < 4.78 is 26.3. The number of hydrogen-bond acceptors (Lipinski definition) is 7. The van der Waals surface area contributed by atoms with Gasteiger partial charge in [-0.05, 0) is 30.3 Å². The van der Waals surface area contributed by atoms with Gasteiger partial charge in [-0.25, -0.2) is 14.4 Å². The maximum atomic E-state index is 14.3. The molecule has 0 saturated carbocycles. The summed E-state index contributed by atoms with van der Waals surface area (Å²) in [5.74, 6) is 0.272. The van der Waals surface area contributed by atoms with Gasteiger partial charge >= 0.3 is 0 Å². The normalized spacial score (nSPS) is 12.7. The van der Waals surface area contributed by atoms with Crippen molar-refractivity contribution >= 4 is 28.8 Å². The summed E-state index contributed by atoms with van der Waals surface area (Å²) in [6.07, 6.45) is 4.72. The lowest BCUT2D eigenvalue weighted by Gasteiger charge is -2.16. The topological polar surface area (TPSA) is 119 Å². The van der Waals surface area contributed by atoms with Crippen molar-refractivity contribution in [2.75, 3.05) is 18.2 Å². The molecule has 1 aliphatic heterocycles. The number of amides is 1.